The lowest BCUT2D eigenvalue weighted by Gasteiger charge is -2.43. The highest BCUT2D eigenvalue weighted by atomic mass is 16.5. The Bertz CT molecular complexity index is 1150. The summed E-state index contributed by atoms with van der Waals surface area (Å²) < 4.78 is 16.6. The van der Waals surface area contributed by atoms with Gasteiger partial charge in [-0.2, -0.15) is 0 Å². The number of allylic oxidation sites excluding steroid dienone is 2. The Morgan fingerprint density at radius 3 is 2.18 bits per heavy atom. The van der Waals surface area contributed by atoms with Crippen molar-refractivity contribution in [1.29, 1.82) is 0 Å². The molecular weight excluding hydrogens is 418 g/mol. The standard InChI is InChI=1S/C27H31NO5/c1-16-9-7-8-10-19(16)28-20-14-27(2,3)15-21(29)26(20)18(12-25(28)30)17-11-23(32-5)24(33-6)13-22(17)31-4/h7-11,13,18H,12,14-15H2,1-6H3/t18-/m1/s1. The van der Waals surface area contributed by atoms with Crippen LogP contribution in [-0.4, -0.2) is 33.0 Å². The molecule has 6 nitrogen and oxygen atoms in total. The smallest absolute Gasteiger partial charge is 0.232 e. The summed E-state index contributed by atoms with van der Waals surface area (Å²) in [7, 11) is 4.71. The third-order valence-electron chi connectivity index (χ3n) is 6.61. The molecule has 1 atom stereocenters. The first-order valence-corrected chi connectivity index (χ1v) is 11.2. The fourth-order valence-electron chi connectivity index (χ4n) is 5.10. The third kappa shape index (κ3) is 3.99. The normalized spacial score (nSPS) is 19.9. The van der Waals surface area contributed by atoms with Gasteiger partial charge in [-0.15, -0.1) is 0 Å². The molecule has 1 aliphatic heterocycles. The summed E-state index contributed by atoms with van der Waals surface area (Å²) in [6.45, 7) is 6.15. The molecule has 2 aromatic carbocycles. The van der Waals surface area contributed by atoms with Crippen LogP contribution in [0, 0.1) is 12.3 Å². The van der Waals surface area contributed by atoms with E-state index in [2.05, 4.69) is 13.8 Å². The van der Waals surface area contributed by atoms with Gasteiger partial charge in [-0.3, -0.25) is 14.5 Å². The Kier molecular flexibility index (Phi) is 5.95. The van der Waals surface area contributed by atoms with Crippen molar-refractivity contribution in [3.8, 4) is 17.2 Å². The zero-order valence-electron chi connectivity index (χ0n) is 20.2. The maximum atomic E-state index is 13.7. The molecule has 2 aliphatic rings. The van der Waals surface area contributed by atoms with Crippen molar-refractivity contribution < 1.29 is 23.8 Å². The number of methoxy groups -OCH3 is 3. The number of amides is 1. The molecule has 0 saturated heterocycles. The fraction of sp³-hybridized carbons (Fsp3) is 0.407. The Hall–Kier alpha value is -3.28. The summed E-state index contributed by atoms with van der Waals surface area (Å²) in [6.07, 6.45) is 1.25. The van der Waals surface area contributed by atoms with Gasteiger partial charge in [0.2, 0.25) is 5.91 Å². The second-order valence-corrected chi connectivity index (χ2v) is 9.52. The summed E-state index contributed by atoms with van der Waals surface area (Å²) >= 11 is 0. The van der Waals surface area contributed by atoms with E-state index in [0.29, 0.717) is 35.7 Å². The average Bonchev–Trinajstić information content (AvgIpc) is 2.77. The zero-order valence-corrected chi connectivity index (χ0v) is 20.2. The number of ether oxygens (including phenoxy) is 3. The van der Waals surface area contributed by atoms with Crippen molar-refractivity contribution in [1.82, 2.24) is 0 Å². The van der Waals surface area contributed by atoms with Gasteiger partial charge in [-0.1, -0.05) is 32.0 Å². The number of carbonyl (C=O) groups is 2. The molecule has 0 spiro atoms. The number of anilines is 1. The van der Waals surface area contributed by atoms with Crippen molar-refractivity contribution in [2.75, 3.05) is 26.2 Å². The monoisotopic (exact) mass is 449 g/mol. The Morgan fingerprint density at radius 2 is 1.55 bits per heavy atom. The summed E-state index contributed by atoms with van der Waals surface area (Å²) in [5, 5.41) is 0. The minimum atomic E-state index is -0.411. The predicted octanol–water partition coefficient (Wildman–Crippen LogP) is 5.18. The minimum absolute atomic E-state index is 0.0320. The van der Waals surface area contributed by atoms with Crippen LogP contribution in [0.3, 0.4) is 0 Å². The van der Waals surface area contributed by atoms with Crippen molar-refractivity contribution in [2.24, 2.45) is 5.41 Å². The van der Waals surface area contributed by atoms with E-state index < -0.39 is 5.92 Å². The van der Waals surface area contributed by atoms with E-state index in [9.17, 15) is 9.59 Å². The Balaban J connectivity index is 1.96. The molecule has 0 N–H and O–H groups in total. The zero-order chi connectivity index (χ0) is 23.9. The van der Waals surface area contributed by atoms with E-state index in [-0.39, 0.29) is 23.5 Å². The molecule has 0 fully saturated rings. The molecule has 174 valence electrons. The van der Waals surface area contributed by atoms with Crippen LogP contribution in [0.5, 0.6) is 17.2 Å². The molecule has 4 rings (SSSR count). The van der Waals surface area contributed by atoms with Crippen LogP contribution in [-0.2, 0) is 9.59 Å². The quantitative estimate of drug-likeness (QED) is 0.629. The molecule has 0 radical (unpaired) electrons. The van der Waals surface area contributed by atoms with Crippen molar-refractivity contribution >= 4 is 17.4 Å². The molecule has 0 unspecified atom stereocenters. The molecule has 1 heterocycles. The van der Waals surface area contributed by atoms with Gasteiger partial charge in [-0.25, -0.2) is 0 Å². The van der Waals surface area contributed by atoms with Crippen molar-refractivity contribution in [3.05, 3.63) is 58.8 Å². The summed E-state index contributed by atoms with van der Waals surface area (Å²) in [6, 6.07) is 11.4. The highest BCUT2D eigenvalue weighted by Crippen LogP contribution is 2.51. The third-order valence-corrected chi connectivity index (χ3v) is 6.61. The number of rotatable bonds is 5. The Morgan fingerprint density at radius 1 is 0.909 bits per heavy atom. The van der Waals surface area contributed by atoms with Crippen LogP contribution in [0.4, 0.5) is 5.69 Å². The molecule has 0 aromatic heterocycles. The molecular formula is C27H31NO5. The molecule has 1 aliphatic carbocycles. The van der Waals surface area contributed by atoms with Gasteiger partial charge in [0.25, 0.3) is 0 Å². The summed E-state index contributed by atoms with van der Waals surface area (Å²) in [4.78, 5) is 29.0. The lowest BCUT2D eigenvalue weighted by molar-refractivity contribution is -0.121. The van der Waals surface area contributed by atoms with Crippen LogP contribution < -0.4 is 19.1 Å². The molecule has 1 amide bonds. The second kappa shape index (κ2) is 8.58. The summed E-state index contributed by atoms with van der Waals surface area (Å²) in [5.41, 5.74) is 3.84. The van der Waals surface area contributed by atoms with E-state index in [4.69, 9.17) is 14.2 Å². The maximum Gasteiger partial charge on any atom is 0.232 e. The average molecular weight is 450 g/mol. The number of para-hydroxylation sites is 1. The first kappa shape index (κ1) is 22.9. The van der Waals surface area contributed by atoms with Gasteiger partial charge in [0, 0.05) is 41.7 Å². The number of aryl methyl sites for hydroxylation is 1. The number of benzene rings is 2. The van der Waals surface area contributed by atoms with E-state index in [1.807, 2.05) is 37.3 Å². The van der Waals surface area contributed by atoms with Gasteiger partial charge >= 0.3 is 0 Å². The van der Waals surface area contributed by atoms with Gasteiger partial charge < -0.3 is 14.2 Å². The second-order valence-electron chi connectivity index (χ2n) is 9.52. The SMILES string of the molecule is COc1cc(OC)c([C@H]2CC(=O)N(c3ccccc3C)C3=C2C(=O)CC(C)(C)C3)cc1OC. The minimum Gasteiger partial charge on any atom is -0.496 e. The number of Topliss-reactive ketones (excluding diaryl/α,β-unsaturated/α-hetero) is 1. The molecule has 33 heavy (non-hydrogen) atoms. The van der Waals surface area contributed by atoms with Crippen molar-refractivity contribution in [3.63, 3.8) is 0 Å². The van der Waals surface area contributed by atoms with E-state index in [1.165, 1.54) is 0 Å². The molecule has 0 saturated carbocycles. The number of hydrogen-bond donors (Lipinski definition) is 0. The van der Waals surface area contributed by atoms with Crippen LogP contribution >= 0.6 is 0 Å². The topological polar surface area (TPSA) is 65.1 Å². The lowest BCUT2D eigenvalue weighted by atomic mass is 9.69. The highest BCUT2D eigenvalue weighted by molar-refractivity contribution is 6.08. The van der Waals surface area contributed by atoms with Crippen LogP contribution in [0.2, 0.25) is 0 Å². The number of carbonyl (C=O) groups excluding carboxylic acids is 2. The lowest BCUT2D eigenvalue weighted by Crippen LogP contribution is -2.44. The molecule has 6 heteroatoms. The summed E-state index contributed by atoms with van der Waals surface area (Å²) in [5.74, 6) is 1.27. The Labute approximate surface area is 195 Å². The first-order chi connectivity index (χ1) is 15.7. The number of hydrogen-bond acceptors (Lipinski definition) is 5. The number of ketones is 1. The van der Waals surface area contributed by atoms with E-state index in [1.54, 1.807) is 32.3 Å². The van der Waals surface area contributed by atoms with E-state index in [0.717, 1.165) is 22.5 Å². The largest absolute Gasteiger partial charge is 0.496 e. The van der Waals surface area contributed by atoms with Crippen LogP contribution in [0.1, 0.15) is 50.2 Å². The fourth-order valence-corrected chi connectivity index (χ4v) is 5.10. The maximum absolute atomic E-state index is 13.7. The van der Waals surface area contributed by atoms with Gasteiger partial charge in [0.15, 0.2) is 17.3 Å². The highest BCUT2D eigenvalue weighted by Gasteiger charge is 2.45. The first-order valence-electron chi connectivity index (χ1n) is 11.2. The van der Waals surface area contributed by atoms with Gasteiger partial charge in [0.05, 0.1) is 27.0 Å². The van der Waals surface area contributed by atoms with E-state index >= 15 is 0 Å². The molecule has 0 bridgehead atoms. The van der Waals surface area contributed by atoms with Crippen molar-refractivity contribution in [2.45, 2.75) is 46.0 Å². The van der Waals surface area contributed by atoms with Crippen LogP contribution in [0.25, 0.3) is 0 Å². The van der Waals surface area contributed by atoms with Gasteiger partial charge in [-0.05, 0) is 36.5 Å². The van der Waals surface area contributed by atoms with Crippen LogP contribution in [0.15, 0.2) is 47.7 Å². The predicted molar refractivity (Wildman–Crippen MR) is 127 cm³/mol. The van der Waals surface area contributed by atoms with Gasteiger partial charge in [0.1, 0.15) is 5.75 Å². The molecule has 2 aromatic rings. The number of nitrogens with zero attached hydrogens (tertiary/aromatic N) is 1.